The van der Waals surface area contributed by atoms with Crippen molar-refractivity contribution in [2.45, 2.75) is 22.4 Å². The SMILES string of the molecule is O=S(=O)(c1ccccc1S)N1CCN[C@@H](COCc2ccccc2)C1. The van der Waals surface area contributed by atoms with E-state index in [9.17, 15) is 8.42 Å². The molecule has 5 nitrogen and oxygen atoms in total. The maximum Gasteiger partial charge on any atom is 0.244 e. The number of hydrogen-bond acceptors (Lipinski definition) is 5. The van der Waals surface area contributed by atoms with Crippen molar-refractivity contribution in [1.29, 1.82) is 0 Å². The Balaban J connectivity index is 1.60. The minimum Gasteiger partial charge on any atom is -0.375 e. The lowest BCUT2D eigenvalue weighted by molar-refractivity contribution is 0.0854. The summed E-state index contributed by atoms with van der Waals surface area (Å²) in [6, 6.07) is 16.7. The molecule has 0 saturated carbocycles. The molecule has 134 valence electrons. The second-order valence-electron chi connectivity index (χ2n) is 5.98. The molecule has 0 aliphatic carbocycles. The highest BCUT2D eigenvalue weighted by Crippen LogP contribution is 2.23. The van der Waals surface area contributed by atoms with Crippen molar-refractivity contribution in [2.75, 3.05) is 26.2 Å². The van der Waals surface area contributed by atoms with E-state index in [1.165, 1.54) is 4.31 Å². The lowest BCUT2D eigenvalue weighted by Crippen LogP contribution is -2.54. The Morgan fingerprint density at radius 3 is 2.60 bits per heavy atom. The second-order valence-corrected chi connectivity index (χ2v) is 8.37. The number of nitrogens with one attached hydrogen (secondary N) is 1. The first-order chi connectivity index (χ1) is 12.1. The van der Waals surface area contributed by atoms with Crippen LogP contribution in [0, 0.1) is 0 Å². The zero-order valence-corrected chi connectivity index (χ0v) is 15.5. The van der Waals surface area contributed by atoms with Gasteiger partial charge >= 0.3 is 0 Å². The normalized spacial score (nSPS) is 19.0. The third-order valence-electron chi connectivity index (χ3n) is 4.13. The first-order valence-electron chi connectivity index (χ1n) is 8.20. The predicted molar refractivity (Wildman–Crippen MR) is 100 cm³/mol. The fourth-order valence-electron chi connectivity index (χ4n) is 2.83. The molecule has 3 rings (SSSR count). The van der Waals surface area contributed by atoms with E-state index in [1.807, 2.05) is 30.3 Å². The fraction of sp³-hybridized carbons (Fsp3) is 0.333. The van der Waals surface area contributed by atoms with Gasteiger partial charge in [-0.3, -0.25) is 0 Å². The van der Waals surface area contributed by atoms with Crippen molar-refractivity contribution >= 4 is 22.7 Å². The van der Waals surface area contributed by atoms with Gasteiger partial charge < -0.3 is 10.1 Å². The van der Waals surface area contributed by atoms with Gasteiger partial charge in [0.05, 0.1) is 18.1 Å². The lowest BCUT2D eigenvalue weighted by Gasteiger charge is -2.33. The van der Waals surface area contributed by atoms with Gasteiger partial charge in [0, 0.05) is 30.6 Å². The van der Waals surface area contributed by atoms with Crippen LogP contribution in [0.4, 0.5) is 0 Å². The van der Waals surface area contributed by atoms with Gasteiger partial charge in [-0.1, -0.05) is 42.5 Å². The number of benzene rings is 2. The first kappa shape index (κ1) is 18.4. The van der Waals surface area contributed by atoms with E-state index in [1.54, 1.807) is 24.3 Å². The summed E-state index contributed by atoms with van der Waals surface area (Å²) in [5.74, 6) is 0. The molecule has 1 N–H and O–H groups in total. The van der Waals surface area contributed by atoms with Gasteiger partial charge in [0.15, 0.2) is 0 Å². The number of ether oxygens (including phenoxy) is 1. The highest BCUT2D eigenvalue weighted by molar-refractivity contribution is 7.90. The Bertz CT molecular complexity index is 797. The molecular weight excluding hydrogens is 356 g/mol. The summed E-state index contributed by atoms with van der Waals surface area (Å²) in [5.41, 5.74) is 1.10. The van der Waals surface area contributed by atoms with Crippen LogP contribution in [0.5, 0.6) is 0 Å². The van der Waals surface area contributed by atoms with Gasteiger partial charge in [0.1, 0.15) is 0 Å². The largest absolute Gasteiger partial charge is 0.375 e. The molecule has 0 bridgehead atoms. The Labute approximate surface area is 154 Å². The van der Waals surface area contributed by atoms with E-state index in [-0.39, 0.29) is 10.9 Å². The molecule has 0 radical (unpaired) electrons. The zero-order valence-electron chi connectivity index (χ0n) is 13.8. The zero-order chi connectivity index (χ0) is 17.7. The summed E-state index contributed by atoms with van der Waals surface area (Å²) in [6.07, 6.45) is 0. The summed E-state index contributed by atoms with van der Waals surface area (Å²) in [7, 11) is -3.54. The van der Waals surface area contributed by atoms with Crippen molar-refractivity contribution < 1.29 is 13.2 Å². The van der Waals surface area contributed by atoms with Gasteiger partial charge in [0.25, 0.3) is 0 Å². The molecule has 25 heavy (non-hydrogen) atoms. The van der Waals surface area contributed by atoms with Crippen LogP contribution >= 0.6 is 12.6 Å². The summed E-state index contributed by atoms with van der Waals surface area (Å²) in [6.45, 7) is 2.42. The molecule has 0 amide bonds. The van der Waals surface area contributed by atoms with Crippen molar-refractivity contribution in [1.82, 2.24) is 9.62 Å². The molecular formula is C18H22N2O3S2. The van der Waals surface area contributed by atoms with E-state index in [2.05, 4.69) is 17.9 Å². The van der Waals surface area contributed by atoms with Crippen molar-refractivity contribution in [3.63, 3.8) is 0 Å². The molecule has 1 heterocycles. The smallest absolute Gasteiger partial charge is 0.244 e. The third-order valence-corrected chi connectivity index (χ3v) is 6.60. The van der Waals surface area contributed by atoms with Crippen LogP contribution in [0.3, 0.4) is 0 Å². The predicted octanol–water partition coefficient (Wildman–Crippen LogP) is 2.15. The van der Waals surface area contributed by atoms with Gasteiger partial charge in [-0.05, 0) is 17.7 Å². The molecule has 1 saturated heterocycles. The highest BCUT2D eigenvalue weighted by Gasteiger charge is 2.31. The average molecular weight is 379 g/mol. The van der Waals surface area contributed by atoms with E-state index < -0.39 is 10.0 Å². The third kappa shape index (κ3) is 4.62. The summed E-state index contributed by atoms with van der Waals surface area (Å²) < 4.78 is 33.0. The topological polar surface area (TPSA) is 58.6 Å². The Morgan fingerprint density at radius 2 is 1.84 bits per heavy atom. The van der Waals surface area contributed by atoms with Crippen LogP contribution in [0.1, 0.15) is 5.56 Å². The quantitative estimate of drug-likeness (QED) is 0.757. The van der Waals surface area contributed by atoms with Gasteiger partial charge in [-0.25, -0.2) is 8.42 Å². The number of thiol groups is 1. The molecule has 1 fully saturated rings. The number of hydrogen-bond donors (Lipinski definition) is 2. The standard InChI is InChI=1S/C18H22N2O3S2/c21-25(22,18-9-5-4-8-17(18)24)20-11-10-19-16(12-20)14-23-13-15-6-2-1-3-7-15/h1-9,16,19,24H,10-14H2/t16-/m1/s1. The summed E-state index contributed by atoms with van der Waals surface area (Å²) in [5, 5.41) is 3.32. The molecule has 1 atom stereocenters. The van der Waals surface area contributed by atoms with Gasteiger partial charge in [0.2, 0.25) is 10.0 Å². The second kappa shape index (κ2) is 8.33. The van der Waals surface area contributed by atoms with E-state index >= 15 is 0 Å². The van der Waals surface area contributed by atoms with E-state index in [0.717, 1.165) is 5.56 Å². The molecule has 1 aliphatic heterocycles. The van der Waals surface area contributed by atoms with Crippen LogP contribution in [0.2, 0.25) is 0 Å². The van der Waals surface area contributed by atoms with Crippen molar-refractivity contribution in [2.24, 2.45) is 0 Å². The van der Waals surface area contributed by atoms with Crippen molar-refractivity contribution in [3.8, 4) is 0 Å². The molecule has 7 heteroatoms. The fourth-order valence-corrected chi connectivity index (χ4v) is 4.91. The molecule has 0 aromatic heterocycles. The minimum absolute atomic E-state index is 0.0284. The van der Waals surface area contributed by atoms with E-state index in [4.69, 9.17) is 4.74 Å². The van der Waals surface area contributed by atoms with Crippen LogP contribution in [0.25, 0.3) is 0 Å². The van der Waals surface area contributed by atoms with Crippen molar-refractivity contribution in [3.05, 3.63) is 60.2 Å². The number of nitrogens with zero attached hydrogens (tertiary/aromatic N) is 1. The summed E-state index contributed by atoms with van der Waals surface area (Å²) >= 11 is 4.28. The summed E-state index contributed by atoms with van der Waals surface area (Å²) in [4.78, 5) is 0.724. The van der Waals surface area contributed by atoms with Crippen LogP contribution in [-0.4, -0.2) is 45.0 Å². The minimum atomic E-state index is -3.54. The Kier molecular flexibility index (Phi) is 6.14. The highest BCUT2D eigenvalue weighted by atomic mass is 32.2. The molecule has 0 unspecified atom stereocenters. The van der Waals surface area contributed by atoms with Crippen LogP contribution in [-0.2, 0) is 21.4 Å². The molecule has 2 aromatic rings. The number of piperazine rings is 1. The maximum absolute atomic E-state index is 12.9. The van der Waals surface area contributed by atoms with Crippen LogP contribution in [0.15, 0.2) is 64.4 Å². The van der Waals surface area contributed by atoms with Crippen LogP contribution < -0.4 is 5.32 Å². The molecule has 2 aromatic carbocycles. The average Bonchev–Trinajstić information content (AvgIpc) is 2.63. The van der Waals surface area contributed by atoms with Gasteiger partial charge in [-0.15, -0.1) is 12.6 Å². The lowest BCUT2D eigenvalue weighted by atomic mass is 10.2. The first-order valence-corrected chi connectivity index (χ1v) is 10.1. The molecule has 0 spiro atoms. The Morgan fingerprint density at radius 1 is 1.12 bits per heavy atom. The number of rotatable bonds is 6. The molecule has 1 aliphatic rings. The van der Waals surface area contributed by atoms with Gasteiger partial charge in [-0.2, -0.15) is 4.31 Å². The Hall–Kier alpha value is -1.38. The van der Waals surface area contributed by atoms with E-state index in [0.29, 0.717) is 37.7 Å². The monoisotopic (exact) mass is 378 g/mol. The number of sulfonamides is 1. The maximum atomic E-state index is 12.9.